The molecule has 2 fully saturated rings. The van der Waals surface area contributed by atoms with Gasteiger partial charge in [-0.1, -0.05) is 42.5 Å². The zero-order chi connectivity index (χ0) is 24.6. The van der Waals surface area contributed by atoms with E-state index < -0.39 is 53.6 Å². The first kappa shape index (κ1) is 23.1. The third kappa shape index (κ3) is 3.80. The van der Waals surface area contributed by atoms with E-state index in [2.05, 4.69) is 5.32 Å². The zero-order valence-electron chi connectivity index (χ0n) is 18.2. The highest BCUT2D eigenvalue weighted by molar-refractivity contribution is 6.24. The number of hydrogen-bond acceptors (Lipinski definition) is 6. The Morgan fingerprint density at radius 1 is 1.00 bits per heavy atom. The molecule has 0 saturated carbocycles. The largest absolute Gasteiger partial charge is 0.481 e. The van der Waals surface area contributed by atoms with Gasteiger partial charge in [-0.2, -0.15) is 0 Å². The molecule has 2 aliphatic heterocycles. The van der Waals surface area contributed by atoms with E-state index >= 15 is 0 Å². The smallest absolute Gasteiger partial charge is 0.325 e. The maximum Gasteiger partial charge on any atom is 0.325 e. The van der Waals surface area contributed by atoms with Crippen LogP contribution in [0, 0.1) is 11.8 Å². The fourth-order valence-corrected chi connectivity index (χ4v) is 4.76. The molecule has 4 unspecified atom stereocenters. The number of ketones is 1. The summed E-state index contributed by atoms with van der Waals surface area (Å²) in [5.41, 5.74) is -0.794. The lowest BCUT2D eigenvalue weighted by molar-refractivity contribution is -0.154. The lowest BCUT2D eigenvalue weighted by Crippen LogP contribution is -2.57. The maximum absolute atomic E-state index is 13.5. The number of fused-ring (bicyclic) bond motifs is 1. The average molecular weight is 462 g/mol. The van der Waals surface area contributed by atoms with Gasteiger partial charge in [0.25, 0.3) is 0 Å². The Morgan fingerprint density at radius 3 is 2.21 bits per heavy atom. The van der Waals surface area contributed by atoms with Crippen LogP contribution in [0.5, 0.6) is 0 Å². The molecule has 2 saturated heterocycles. The van der Waals surface area contributed by atoms with Crippen molar-refractivity contribution in [3.63, 3.8) is 0 Å². The summed E-state index contributed by atoms with van der Waals surface area (Å²) in [5, 5.41) is 22.3. The van der Waals surface area contributed by atoms with Gasteiger partial charge in [0.1, 0.15) is 5.54 Å². The minimum absolute atomic E-state index is 0.190. The van der Waals surface area contributed by atoms with Crippen molar-refractivity contribution in [2.24, 2.45) is 11.8 Å². The van der Waals surface area contributed by atoms with Crippen LogP contribution in [0.3, 0.4) is 0 Å². The number of imide groups is 1. The number of carboxylic acids is 2. The van der Waals surface area contributed by atoms with Crippen molar-refractivity contribution in [1.82, 2.24) is 5.32 Å². The molecule has 174 valence electrons. The van der Waals surface area contributed by atoms with Crippen LogP contribution in [-0.4, -0.2) is 51.3 Å². The lowest BCUT2D eigenvalue weighted by Gasteiger charge is -2.29. The van der Waals surface area contributed by atoms with Crippen molar-refractivity contribution in [2.75, 3.05) is 4.90 Å². The Morgan fingerprint density at radius 2 is 1.65 bits per heavy atom. The van der Waals surface area contributed by atoms with Gasteiger partial charge in [-0.25, -0.2) is 4.90 Å². The summed E-state index contributed by atoms with van der Waals surface area (Å²) >= 11 is 0. The van der Waals surface area contributed by atoms with Crippen molar-refractivity contribution < 1.29 is 34.2 Å². The van der Waals surface area contributed by atoms with E-state index in [4.69, 9.17) is 0 Å². The molecular formula is C25H22N2O7. The number of benzene rings is 2. The van der Waals surface area contributed by atoms with Crippen molar-refractivity contribution >= 4 is 41.3 Å². The Hall–Kier alpha value is -4.11. The number of anilines is 1. The van der Waals surface area contributed by atoms with Gasteiger partial charge in [0.2, 0.25) is 11.8 Å². The molecule has 4 rings (SSSR count). The third-order valence-corrected chi connectivity index (χ3v) is 6.33. The molecule has 0 bridgehead atoms. The molecule has 2 heterocycles. The highest BCUT2D eigenvalue weighted by Crippen LogP contribution is 2.46. The van der Waals surface area contributed by atoms with E-state index in [9.17, 15) is 34.2 Å². The number of aliphatic carboxylic acids is 2. The number of Topliss-reactive ketones (excluding diaryl/α,β-unsaturated/α-hetero) is 1. The first-order valence-electron chi connectivity index (χ1n) is 10.6. The van der Waals surface area contributed by atoms with Gasteiger partial charge < -0.3 is 10.2 Å². The molecule has 0 radical (unpaired) electrons. The Balaban J connectivity index is 1.78. The summed E-state index contributed by atoms with van der Waals surface area (Å²) in [6.45, 7) is 1.38. The van der Waals surface area contributed by atoms with Crippen LogP contribution >= 0.6 is 0 Å². The van der Waals surface area contributed by atoms with Gasteiger partial charge in [-0.3, -0.25) is 29.3 Å². The number of carbonyl (C=O) groups excluding carboxylic acids is 3. The van der Waals surface area contributed by atoms with Gasteiger partial charge in [0.15, 0.2) is 5.78 Å². The molecule has 2 aromatic carbocycles. The number of hydrogen-bond donors (Lipinski definition) is 3. The lowest BCUT2D eigenvalue weighted by atomic mass is 9.78. The molecule has 9 nitrogen and oxygen atoms in total. The van der Waals surface area contributed by atoms with Crippen molar-refractivity contribution in [3.8, 4) is 0 Å². The Labute approximate surface area is 194 Å². The van der Waals surface area contributed by atoms with E-state index in [0.717, 1.165) is 10.5 Å². The summed E-state index contributed by atoms with van der Waals surface area (Å²) in [5.74, 6) is -7.08. The molecule has 2 aliphatic rings. The second kappa shape index (κ2) is 8.68. The average Bonchev–Trinajstić information content (AvgIpc) is 3.26. The van der Waals surface area contributed by atoms with Crippen LogP contribution in [-0.2, 0) is 19.2 Å². The predicted molar refractivity (Wildman–Crippen MR) is 121 cm³/mol. The second-order valence-electron chi connectivity index (χ2n) is 8.41. The van der Waals surface area contributed by atoms with Crippen LogP contribution in [0.15, 0.2) is 60.7 Å². The zero-order valence-corrected chi connectivity index (χ0v) is 18.2. The van der Waals surface area contributed by atoms with Gasteiger partial charge in [0, 0.05) is 11.6 Å². The predicted octanol–water partition coefficient (Wildman–Crippen LogP) is 1.98. The second-order valence-corrected chi connectivity index (χ2v) is 8.41. The summed E-state index contributed by atoms with van der Waals surface area (Å²) in [6.07, 6.45) is 2.40. The molecule has 34 heavy (non-hydrogen) atoms. The van der Waals surface area contributed by atoms with Crippen LogP contribution in [0.25, 0.3) is 6.08 Å². The summed E-state index contributed by atoms with van der Waals surface area (Å²) in [6, 6.07) is 14.0. The summed E-state index contributed by atoms with van der Waals surface area (Å²) in [4.78, 5) is 63.4. The minimum atomic E-state index is -2.16. The number of nitrogens with zero attached hydrogens (tertiary/aromatic N) is 1. The SMILES string of the molecule is CC(=O)c1ccc(N2C(=O)C3C(/C=C/c4ccccc4)NC(CC(=O)O)(C(=O)O)C3C2=O)cc1. The van der Waals surface area contributed by atoms with E-state index in [0.29, 0.717) is 5.56 Å². The minimum Gasteiger partial charge on any atom is -0.481 e. The summed E-state index contributed by atoms with van der Waals surface area (Å²) < 4.78 is 0. The fourth-order valence-electron chi connectivity index (χ4n) is 4.76. The fraction of sp³-hybridized carbons (Fsp3) is 0.240. The highest BCUT2D eigenvalue weighted by atomic mass is 16.4. The molecule has 0 aromatic heterocycles. The molecule has 4 atom stereocenters. The number of carbonyl (C=O) groups is 5. The Bertz CT molecular complexity index is 1210. The van der Waals surface area contributed by atoms with Gasteiger partial charge in [-0.05, 0) is 36.8 Å². The van der Waals surface area contributed by atoms with Crippen molar-refractivity contribution in [1.29, 1.82) is 0 Å². The number of amides is 2. The molecule has 2 aromatic rings. The van der Waals surface area contributed by atoms with Crippen LogP contribution in [0.2, 0.25) is 0 Å². The van der Waals surface area contributed by atoms with Crippen LogP contribution in [0.4, 0.5) is 5.69 Å². The standard InChI is InChI=1S/C25H22N2O7/c1-14(28)16-8-10-17(11-9-16)27-22(31)20-18(12-7-15-5-3-2-4-6-15)26-25(24(33)34,13-19(29)30)21(20)23(27)32/h2-12,18,20-21,26H,13H2,1H3,(H,29,30)(H,33,34)/b12-7+. The Kier molecular flexibility index (Phi) is 5.89. The van der Waals surface area contributed by atoms with Gasteiger partial charge in [-0.15, -0.1) is 0 Å². The quantitative estimate of drug-likeness (QED) is 0.419. The molecule has 0 aliphatic carbocycles. The van der Waals surface area contributed by atoms with E-state index in [1.54, 1.807) is 12.2 Å². The molecule has 0 spiro atoms. The maximum atomic E-state index is 13.5. The molecule has 9 heteroatoms. The third-order valence-electron chi connectivity index (χ3n) is 6.33. The van der Waals surface area contributed by atoms with E-state index in [1.165, 1.54) is 31.2 Å². The van der Waals surface area contributed by atoms with E-state index in [1.807, 2.05) is 30.3 Å². The summed E-state index contributed by atoms with van der Waals surface area (Å²) in [7, 11) is 0. The van der Waals surface area contributed by atoms with Crippen molar-refractivity contribution in [3.05, 3.63) is 71.8 Å². The number of nitrogens with one attached hydrogen (secondary N) is 1. The van der Waals surface area contributed by atoms with Crippen LogP contribution < -0.4 is 10.2 Å². The monoisotopic (exact) mass is 462 g/mol. The molecular weight excluding hydrogens is 440 g/mol. The first-order chi connectivity index (χ1) is 16.2. The van der Waals surface area contributed by atoms with Crippen molar-refractivity contribution in [2.45, 2.75) is 24.9 Å². The van der Waals surface area contributed by atoms with Crippen LogP contribution in [0.1, 0.15) is 29.3 Å². The first-order valence-corrected chi connectivity index (χ1v) is 10.6. The van der Waals surface area contributed by atoms with E-state index in [-0.39, 0.29) is 11.5 Å². The number of carboxylic acid groups (broad SMARTS) is 2. The normalized spacial score (nSPS) is 26.1. The highest BCUT2D eigenvalue weighted by Gasteiger charge is 2.68. The number of rotatable bonds is 7. The molecule has 3 N–H and O–H groups in total. The molecule has 2 amide bonds. The topological polar surface area (TPSA) is 141 Å². The van der Waals surface area contributed by atoms with Gasteiger partial charge >= 0.3 is 11.9 Å². The van der Waals surface area contributed by atoms with Gasteiger partial charge in [0.05, 0.1) is 23.9 Å².